The standard InChI is InChI=1S/C17H9F3N4OS/c18-17(19,20)10-3-1-2-9(6-10)11-7-26-14-13(11)23-15(24-16(14)25)12-4-5-21-8-22-12/h1-8H,(H,23,24,25). The Balaban J connectivity index is 1.91. The van der Waals surface area contributed by atoms with Gasteiger partial charge in [-0.25, -0.2) is 15.0 Å². The number of aromatic hydroxyl groups is 1. The predicted molar refractivity (Wildman–Crippen MR) is 90.5 cm³/mol. The van der Waals surface area contributed by atoms with Gasteiger partial charge in [-0.2, -0.15) is 18.2 Å². The molecule has 0 bridgehead atoms. The molecule has 0 atom stereocenters. The van der Waals surface area contributed by atoms with Gasteiger partial charge in [0.1, 0.15) is 16.7 Å². The summed E-state index contributed by atoms with van der Waals surface area (Å²) >= 11 is 1.16. The monoisotopic (exact) mass is 374 g/mol. The van der Waals surface area contributed by atoms with E-state index in [2.05, 4.69) is 19.9 Å². The molecule has 0 saturated carbocycles. The van der Waals surface area contributed by atoms with Gasteiger partial charge in [0.15, 0.2) is 5.82 Å². The highest BCUT2D eigenvalue weighted by molar-refractivity contribution is 7.18. The van der Waals surface area contributed by atoms with Crippen molar-refractivity contribution in [2.45, 2.75) is 6.18 Å². The van der Waals surface area contributed by atoms with E-state index in [0.29, 0.717) is 27.0 Å². The SMILES string of the molecule is Oc1nc(-c2ccncn2)nc2c(-c3cccc(C(F)(F)F)c3)csc12. The van der Waals surface area contributed by atoms with Crippen LogP contribution in [-0.4, -0.2) is 25.0 Å². The summed E-state index contributed by atoms with van der Waals surface area (Å²) in [6.45, 7) is 0. The molecule has 0 spiro atoms. The summed E-state index contributed by atoms with van der Waals surface area (Å²) in [5, 5.41) is 11.8. The topological polar surface area (TPSA) is 71.8 Å². The third kappa shape index (κ3) is 2.86. The van der Waals surface area contributed by atoms with E-state index in [1.54, 1.807) is 17.5 Å². The van der Waals surface area contributed by atoms with Crippen LogP contribution < -0.4 is 0 Å². The second-order valence-electron chi connectivity index (χ2n) is 5.37. The van der Waals surface area contributed by atoms with Crippen LogP contribution >= 0.6 is 11.3 Å². The van der Waals surface area contributed by atoms with Gasteiger partial charge in [0.2, 0.25) is 5.88 Å². The molecule has 5 nitrogen and oxygen atoms in total. The Kier molecular flexibility index (Phi) is 3.80. The van der Waals surface area contributed by atoms with Crippen molar-refractivity contribution in [3.63, 3.8) is 0 Å². The maximum Gasteiger partial charge on any atom is 0.416 e. The minimum Gasteiger partial charge on any atom is -0.492 e. The molecule has 0 aliphatic heterocycles. The Morgan fingerprint density at radius 3 is 2.65 bits per heavy atom. The molecule has 0 aliphatic rings. The molecular formula is C17H9F3N4OS. The molecule has 4 rings (SSSR count). The van der Waals surface area contributed by atoms with Crippen molar-refractivity contribution >= 4 is 21.6 Å². The molecule has 3 heterocycles. The number of alkyl halides is 3. The molecule has 0 unspecified atom stereocenters. The maximum atomic E-state index is 13.0. The van der Waals surface area contributed by atoms with Crippen LogP contribution in [0.1, 0.15) is 5.56 Å². The molecule has 0 fully saturated rings. The second kappa shape index (κ2) is 6.03. The number of thiophene rings is 1. The predicted octanol–water partition coefficient (Wildman–Crippen LogP) is 4.54. The van der Waals surface area contributed by atoms with Gasteiger partial charge < -0.3 is 5.11 Å². The van der Waals surface area contributed by atoms with Gasteiger partial charge in [-0.05, 0) is 23.8 Å². The quantitative estimate of drug-likeness (QED) is 0.558. The lowest BCUT2D eigenvalue weighted by molar-refractivity contribution is -0.137. The van der Waals surface area contributed by atoms with Gasteiger partial charge in [-0.3, -0.25) is 0 Å². The van der Waals surface area contributed by atoms with E-state index in [1.807, 2.05) is 0 Å². The van der Waals surface area contributed by atoms with Crippen molar-refractivity contribution in [3.05, 3.63) is 53.8 Å². The Hall–Kier alpha value is -3.07. The zero-order chi connectivity index (χ0) is 18.3. The summed E-state index contributed by atoms with van der Waals surface area (Å²) in [6.07, 6.45) is -1.61. The number of aromatic nitrogens is 4. The highest BCUT2D eigenvalue weighted by Gasteiger charge is 2.30. The van der Waals surface area contributed by atoms with Gasteiger partial charge >= 0.3 is 6.18 Å². The lowest BCUT2D eigenvalue weighted by Gasteiger charge is -2.08. The summed E-state index contributed by atoms with van der Waals surface area (Å²) in [4.78, 5) is 16.3. The zero-order valence-electron chi connectivity index (χ0n) is 12.9. The van der Waals surface area contributed by atoms with Gasteiger partial charge in [0.25, 0.3) is 0 Å². The van der Waals surface area contributed by atoms with Crippen molar-refractivity contribution in [2.75, 3.05) is 0 Å². The summed E-state index contributed by atoms with van der Waals surface area (Å²) in [5.74, 6) is -0.0733. The van der Waals surface area contributed by atoms with Crippen molar-refractivity contribution in [3.8, 4) is 28.5 Å². The van der Waals surface area contributed by atoms with E-state index in [-0.39, 0.29) is 11.7 Å². The third-order valence-corrected chi connectivity index (χ3v) is 4.67. The Morgan fingerprint density at radius 1 is 1.08 bits per heavy atom. The molecule has 0 radical (unpaired) electrons. The highest BCUT2D eigenvalue weighted by Crippen LogP contribution is 2.39. The average Bonchev–Trinajstić information content (AvgIpc) is 3.06. The van der Waals surface area contributed by atoms with Gasteiger partial charge in [0.05, 0.1) is 11.1 Å². The smallest absolute Gasteiger partial charge is 0.416 e. The first-order valence-corrected chi connectivity index (χ1v) is 8.23. The lowest BCUT2D eigenvalue weighted by atomic mass is 10.0. The Bertz CT molecular complexity index is 1100. The van der Waals surface area contributed by atoms with Crippen LogP contribution in [0.5, 0.6) is 5.88 Å². The number of hydrogen-bond acceptors (Lipinski definition) is 6. The van der Waals surface area contributed by atoms with Crippen molar-refractivity contribution in [2.24, 2.45) is 0 Å². The normalized spacial score (nSPS) is 11.8. The van der Waals surface area contributed by atoms with Crippen LogP contribution in [0.25, 0.3) is 32.9 Å². The summed E-state index contributed by atoms with van der Waals surface area (Å²) in [7, 11) is 0. The maximum absolute atomic E-state index is 13.0. The molecule has 1 N–H and O–H groups in total. The number of benzene rings is 1. The molecule has 0 aliphatic carbocycles. The summed E-state index contributed by atoms with van der Waals surface area (Å²) in [6, 6.07) is 6.56. The summed E-state index contributed by atoms with van der Waals surface area (Å²) < 4.78 is 39.4. The fourth-order valence-electron chi connectivity index (χ4n) is 2.51. The molecule has 4 aromatic rings. The van der Waals surface area contributed by atoms with Crippen LogP contribution in [0.2, 0.25) is 0 Å². The molecule has 3 aromatic heterocycles. The van der Waals surface area contributed by atoms with E-state index < -0.39 is 11.7 Å². The van der Waals surface area contributed by atoms with Crippen LogP contribution in [-0.2, 0) is 6.18 Å². The average molecular weight is 374 g/mol. The minimum atomic E-state index is -4.44. The fraction of sp³-hybridized carbons (Fsp3) is 0.0588. The van der Waals surface area contributed by atoms with Crippen molar-refractivity contribution in [1.29, 1.82) is 0 Å². The van der Waals surface area contributed by atoms with Crippen molar-refractivity contribution < 1.29 is 18.3 Å². The van der Waals surface area contributed by atoms with Crippen LogP contribution in [0, 0.1) is 0 Å². The minimum absolute atomic E-state index is 0.170. The molecular weight excluding hydrogens is 365 g/mol. The Labute approximate surface area is 148 Å². The number of fused-ring (bicyclic) bond motifs is 1. The van der Waals surface area contributed by atoms with Crippen LogP contribution in [0.3, 0.4) is 0 Å². The first-order chi connectivity index (χ1) is 12.4. The summed E-state index contributed by atoms with van der Waals surface area (Å²) in [5.41, 5.74) is 0.874. The van der Waals surface area contributed by atoms with Gasteiger partial charge in [-0.1, -0.05) is 12.1 Å². The van der Waals surface area contributed by atoms with E-state index in [1.165, 1.54) is 18.6 Å². The number of nitrogens with zero attached hydrogens (tertiary/aromatic N) is 4. The number of hydrogen-bond donors (Lipinski definition) is 1. The highest BCUT2D eigenvalue weighted by atomic mass is 32.1. The third-order valence-electron chi connectivity index (χ3n) is 3.71. The number of rotatable bonds is 2. The van der Waals surface area contributed by atoms with E-state index in [9.17, 15) is 18.3 Å². The lowest BCUT2D eigenvalue weighted by Crippen LogP contribution is -2.04. The molecule has 130 valence electrons. The van der Waals surface area contributed by atoms with Gasteiger partial charge in [0, 0.05) is 17.1 Å². The van der Waals surface area contributed by atoms with E-state index in [4.69, 9.17) is 0 Å². The number of halogens is 3. The molecule has 9 heteroatoms. The second-order valence-corrected chi connectivity index (χ2v) is 6.25. The molecule has 1 aromatic carbocycles. The van der Waals surface area contributed by atoms with Crippen LogP contribution in [0.15, 0.2) is 48.2 Å². The molecule has 0 amide bonds. The van der Waals surface area contributed by atoms with E-state index in [0.717, 1.165) is 23.5 Å². The Morgan fingerprint density at radius 2 is 1.92 bits per heavy atom. The fourth-order valence-corrected chi connectivity index (χ4v) is 3.41. The van der Waals surface area contributed by atoms with Crippen molar-refractivity contribution in [1.82, 2.24) is 19.9 Å². The van der Waals surface area contributed by atoms with E-state index >= 15 is 0 Å². The van der Waals surface area contributed by atoms with Crippen LogP contribution in [0.4, 0.5) is 13.2 Å². The first-order valence-electron chi connectivity index (χ1n) is 7.36. The molecule has 0 saturated heterocycles. The zero-order valence-corrected chi connectivity index (χ0v) is 13.7. The molecule has 26 heavy (non-hydrogen) atoms. The first kappa shape index (κ1) is 16.4. The largest absolute Gasteiger partial charge is 0.492 e. The van der Waals surface area contributed by atoms with Gasteiger partial charge in [-0.15, -0.1) is 11.3 Å².